The Bertz CT molecular complexity index is 826. The summed E-state index contributed by atoms with van der Waals surface area (Å²) in [5, 5.41) is 10.8. The molecule has 1 aromatic carbocycles. The molecule has 0 aliphatic carbocycles. The van der Waals surface area contributed by atoms with Crippen molar-refractivity contribution >= 4 is 35.7 Å². The lowest BCUT2D eigenvalue weighted by molar-refractivity contribution is -0.136. The number of nitrogens with one attached hydrogen (secondary N) is 1. The molecule has 0 saturated carbocycles. The fourth-order valence-electron chi connectivity index (χ4n) is 2.84. The number of carboxylic acids is 1. The van der Waals surface area contributed by atoms with Crippen LogP contribution in [0.3, 0.4) is 0 Å². The van der Waals surface area contributed by atoms with E-state index < -0.39 is 35.6 Å². The third-order valence-corrected chi connectivity index (χ3v) is 3.91. The van der Waals surface area contributed by atoms with Gasteiger partial charge in [-0.2, -0.15) is 0 Å². The lowest BCUT2D eigenvalue weighted by Crippen LogP contribution is -2.54. The molecule has 0 spiro atoms. The fraction of sp³-hybridized carbons (Fsp3) is 0.188. The van der Waals surface area contributed by atoms with E-state index in [1.165, 1.54) is 24.3 Å². The van der Waals surface area contributed by atoms with Crippen LogP contribution in [-0.2, 0) is 14.4 Å². The summed E-state index contributed by atoms with van der Waals surface area (Å²) in [4.78, 5) is 59.9. The van der Waals surface area contributed by atoms with Gasteiger partial charge in [-0.25, -0.2) is 4.79 Å². The topological polar surface area (TPSA) is 121 Å². The van der Waals surface area contributed by atoms with Crippen LogP contribution in [0.25, 0.3) is 6.08 Å². The molecule has 4 amide bonds. The summed E-state index contributed by atoms with van der Waals surface area (Å²) in [7, 11) is 0. The second-order valence-electron chi connectivity index (χ2n) is 5.39. The predicted molar refractivity (Wildman–Crippen MR) is 79.8 cm³/mol. The average Bonchev–Trinajstić information content (AvgIpc) is 2.78. The Hall–Kier alpha value is -3.29. The monoisotopic (exact) mass is 328 g/mol. The van der Waals surface area contributed by atoms with Gasteiger partial charge in [-0.15, -0.1) is 0 Å². The van der Waals surface area contributed by atoms with Gasteiger partial charge in [-0.3, -0.25) is 29.4 Å². The van der Waals surface area contributed by atoms with Gasteiger partial charge in [0.1, 0.15) is 6.04 Å². The first-order chi connectivity index (χ1) is 11.4. The summed E-state index contributed by atoms with van der Waals surface area (Å²) in [5.74, 6) is -3.63. The Morgan fingerprint density at radius 3 is 2.62 bits per heavy atom. The molecular formula is C16H12N2O6. The van der Waals surface area contributed by atoms with E-state index in [4.69, 9.17) is 5.11 Å². The Kier molecular flexibility index (Phi) is 3.72. The highest BCUT2D eigenvalue weighted by atomic mass is 16.4. The Labute approximate surface area is 135 Å². The van der Waals surface area contributed by atoms with E-state index in [9.17, 15) is 24.0 Å². The lowest BCUT2D eigenvalue weighted by Gasteiger charge is -2.27. The van der Waals surface area contributed by atoms with Crippen molar-refractivity contribution in [1.29, 1.82) is 0 Å². The van der Waals surface area contributed by atoms with Crippen LogP contribution < -0.4 is 5.32 Å². The summed E-state index contributed by atoms with van der Waals surface area (Å²) in [6, 6.07) is 3.43. The largest absolute Gasteiger partial charge is 0.478 e. The van der Waals surface area contributed by atoms with Gasteiger partial charge in [-0.05, 0) is 24.1 Å². The highest BCUT2D eigenvalue weighted by Gasteiger charge is 2.45. The molecule has 0 radical (unpaired) electrons. The number of benzene rings is 1. The van der Waals surface area contributed by atoms with Gasteiger partial charge in [-0.1, -0.05) is 12.1 Å². The van der Waals surface area contributed by atoms with Crippen LogP contribution in [-0.4, -0.2) is 45.6 Å². The SMILES string of the molecule is O=C(O)/C=C/c1cccc2c1C(=O)N(C1CCC(=O)NC1=O)C2=O. The number of carbonyl (C=O) groups is 5. The molecule has 0 aromatic heterocycles. The summed E-state index contributed by atoms with van der Waals surface area (Å²) < 4.78 is 0. The van der Waals surface area contributed by atoms with Gasteiger partial charge in [0.15, 0.2) is 0 Å². The van der Waals surface area contributed by atoms with Gasteiger partial charge in [0.25, 0.3) is 11.8 Å². The van der Waals surface area contributed by atoms with Gasteiger partial charge >= 0.3 is 5.97 Å². The number of amides is 4. The number of hydrogen-bond donors (Lipinski definition) is 2. The van der Waals surface area contributed by atoms with E-state index in [2.05, 4.69) is 5.32 Å². The third kappa shape index (κ3) is 2.47. The van der Waals surface area contributed by atoms with E-state index in [0.29, 0.717) is 0 Å². The molecule has 2 N–H and O–H groups in total. The van der Waals surface area contributed by atoms with Gasteiger partial charge in [0.2, 0.25) is 11.8 Å². The molecule has 8 heteroatoms. The zero-order valence-corrected chi connectivity index (χ0v) is 12.3. The number of fused-ring (bicyclic) bond motifs is 1. The molecule has 2 aliphatic heterocycles. The van der Waals surface area contributed by atoms with E-state index in [1.54, 1.807) is 0 Å². The highest BCUT2D eigenvalue weighted by Crippen LogP contribution is 2.30. The Morgan fingerprint density at radius 2 is 1.96 bits per heavy atom. The summed E-state index contributed by atoms with van der Waals surface area (Å²) in [5.41, 5.74) is 0.449. The number of piperidine rings is 1. The van der Waals surface area contributed by atoms with E-state index in [0.717, 1.165) is 11.0 Å². The molecule has 2 heterocycles. The molecule has 2 aliphatic rings. The summed E-state index contributed by atoms with van der Waals surface area (Å²) >= 11 is 0. The molecule has 122 valence electrons. The molecule has 0 bridgehead atoms. The van der Waals surface area contributed by atoms with Gasteiger partial charge < -0.3 is 5.11 Å². The number of imide groups is 2. The lowest BCUT2D eigenvalue weighted by atomic mass is 10.0. The van der Waals surface area contributed by atoms with Crippen molar-refractivity contribution in [3.05, 3.63) is 41.0 Å². The van der Waals surface area contributed by atoms with Gasteiger partial charge in [0.05, 0.1) is 11.1 Å². The van der Waals surface area contributed by atoms with Crippen LogP contribution in [0.1, 0.15) is 39.1 Å². The minimum Gasteiger partial charge on any atom is -0.478 e. The number of carboxylic acid groups (broad SMARTS) is 1. The Morgan fingerprint density at radius 1 is 1.21 bits per heavy atom. The summed E-state index contributed by atoms with van der Waals surface area (Å²) in [6.45, 7) is 0. The molecule has 1 fully saturated rings. The number of rotatable bonds is 3. The van der Waals surface area contributed by atoms with Crippen LogP contribution in [0.5, 0.6) is 0 Å². The maximum atomic E-state index is 12.7. The number of aliphatic carboxylic acids is 1. The molecule has 8 nitrogen and oxygen atoms in total. The maximum absolute atomic E-state index is 12.7. The van der Waals surface area contributed by atoms with Crippen LogP contribution in [0.15, 0.2) is 24.3 Å². The van der Waals surface area contributed by atoms with E-state index in [-0.39, 0.29) is 29.5 Å². The van der Waals surface area contributed by atoms with Crippen molar-refractivity contribution in [2.45, 2.75) is 18.9 Å². The minimum absolute atomic E-state index is 0.0373. The smallest absolute Gasteiger partial charge is 0.328 e. The quantitative estimate of drug-likeness (QED) is 0.603. The first-order valence-electron chi connectivity index (χ1n) is 7.15. The van der Waals surface area contributed by atoms with Crippen LogP contribution in [0.4, 0.5) is 0 Å². The van der Waals surface area contributed by atoms with Crippen molar-refractivity contribution in [2.24, 2.45) is 0 Å². The maximum Gasteiger partial charge on any atom is 0.328 e. The van der Waals surface area contributed by atoms with Crippen molar-refractivity contribution in [1.82, 2.24) is 10.2 Å². The molecule has 3 rings (SSSR count). The van der Waals surface area contributed by atoms with Gasteiger partial charge in [0, 0.05) is 12.5 Å². The molecule has 1 atom stereocenters. The molecular weight excluding hydrogens is 316 g/mol. The molecule has 24 heavy (non-hydrogen) atoms. The third-order valence-electron chi connectivity index (χ3n) is 3.91. The molecule has 1 saturated heterocycles. The fourth-order valence-corrected chi connectivity index (χ4v) is 2.84. The van der Waals surface area contributed by atoms with Crippen molar-refractivity contribution < 1.29 is 29.1 Å². The summed E-state index contributed by atoms with van der Waals surface area (Å²) in [6.07, 6.45) is 2.19. The van der Waals surface area contributed by atoms with Crippen LogP contribution >= 0.6 is 0 Å². The zero-order chi connectivity index (χ0) is 17.4. The second kappa shape index (κ2) is 5.73. The van der Waals surface area contributed by atoms with E-state index >= 15 is 0 Å². The number of hydrogen-bond acceptors (Lipinski definition) is 5. The van der Waals surface area contributed by atoms with Crippen molar-refractivity contribution in [2.75, 3.05) is 0 Å². The van der Waals surface area contributed by atoms with Crippen LogP contribution in [0, 0.1) is 0 Å². The standard InChI is InChI=1S/C16H12N2O6/c19-11-6-5-10(14(22)17-11)18-15(23)9-3-1-2-8(4-7-12(20)21)13(9)16(18)24/h1-4,7,10H,5-6H2,(H,20,21)(H,17,19,22)/b7-4+. The van der Waals surface area contributed by atoms with Crippen molar-refractivity contribution in [3.63, 3.8) is 0 Å². The average molecular weight is 328 g/mol. The zero-order valence-electron chi connectivity index (χ0n) is 12.3. The molecule has 1 unspecified atom stereocenters. The number of carbonyl (C=O) groups excluding carboxylic acids is 4. The number of nitrogens with zero attached hydrogens (tertiary/aromatic N) is 1. The first-order valence-corrected chi connectivity index (χ1v) is 7.15. The normalized spacial score (nSPS) is 20.5. The predicted octanol–water partition coefficient (Wildman–Crippen LogP) is 0.186. The van der Waals surface area contributed by atoms with Crippen molar-refractivity contribution in [3.8, 4) is 0 Å². The second-order valence-corrected chi connectivity index (χ2v) is 5.39. The molecule has 1 aromatic rings. The Balaban J connectivity index is 2.00. The van der Waals surface area contributed by atoms with E-state index in [1.807, 2.05) is 0 Å². The first kappa shape index (κ1) is 15.6. The van der Waals surface area contributed by atoms with Crippen LogP contribution in [0.2, 0.25) is 0 Å². The minimum atomic E-state index is -1.19. The highest BCUT2D eigenvalue weighted by molar-refractivity contribution is 6.24.